The van der Waals surface area contributed by atoms with E-state index >= 15 is 0 Å². The molecule has 21 heavy (non-hydrogen) atoms. The molecular formula is C14H22N2O4S. The highest BCUT2D eigenvalue weighted by molar-refractivity contribution is 7.07. The molecule has 0 saturated carbocycles. The number of carbonyl (C=O) groups excluding carboxylic acids is 2. The molecule has 7 heteroatoms. The van der Waals surface area contributed by atoms with Crippen LogP contribution in [0.1, 0.15) is 32.4 Å². The van der Waals surface area contributed by atoms with Crippen molar-refractivity contribution in [3.8, 4) is 0 Å². The van der Waals surface area contributed by atoms with Gasteiger partial charge in [-0.15, -0.1) is 0 Å². The summed E-state index contributed by atoms with van der Waals surface area (Å²) in [5, 5.41) is 4.43. The van der Waals surface area contributed by atoms with Crippen molar-refractivity contribution in [2.45, 2.75) is 40.2 Å². The van der Waals surface area contributed by atoms with Crippen LogP contribution in [0.25, 0.3) is 0 Å². The summed E-state index contributed by atoms with van der Waals surface area (Å²) >= 11 is 1.10. The molecule has 118 valence electrons. The molecule has 0 spiro atoms. The molecule has 0 aliphatic carbocycles. The lowest BCUT2D eigenvalue weighted by molar-refractivity contribution is -0.148. The smallest absolute Gasteiger partial charge is 0.308 e. The molecule has 0 atom stereocenters. The van der Waals surface area contributed by atoms with Crippen molar-refractivity contribution in [2.75, 3.05) is 13.2 Å². The van der Waals surface area contributed by atoms with Crippen molar-refractivity contribution >= 4 is 23.2 Å². The molecule has 6 nitrogen and oxygen atoms in total. The largest absolute Gasteiger partial charge is 0.456 e. The molecule has 0 unspecified atom stereocenters. The van der Waals surface area contributed by atoms with Crippen molar-refractivity contribution in [3.63, 3.8) is 0 Å². The number of rotatable bonds is 8. The van der Waals surface area contributed by atoms with E-state index in [1.165, 1.54) is 4.57 Å². The summed E-state index contributed by atoms with van der Waals surface area (Å²) in [6.07, 6.45) is 0.969. The van der Waals surface area contributed by atoms with E-state index in [1.807, 2.05) is 6.92 Å². The van der Waals surface area contributed by atoms with Gasteiger partial charge in [0.05, 0.1) is 6.42 Å². The number of hydrogen-bond donors (Lipinski definition) is 1. The molecule has 0 saturated heterocycles. The van der Waals surface area contributed by atoms with Crippen LogP contribution in [-0.2, 0) is 20.9 Å². The summed E-state index contributed by atoms with van der Waals surface area (Å²) in [5.74, 6) is -0.264. The fourth-order valence-corrected chi connectivity index (χ4v) is 2.41. The van der Waals surface area contributed by atoms with E-state index in [2.05, 4.69) is 19.2 Å². The highest BCUT2D eigenvalue weighted by atomic mass is 32.1. The zero-order chi connectivity index (χ0) is 15.8. The number of carbonyl (C=O) groups is 2. The predicted octanol–water partition coefficient (Wildman–Crippen LogP) is 1.31. The molecule has 0 aliphatic rings. The third-order valence-corrected chi connectivity index (χ3v) is 3.81. The third kappa shape index (κ3) is 6.57. The van der Waals surface area contributed by atoms with E-state index in [1.54, 1.807) is 5.38 Å². The van der Waals surface area contributed by atoms with E-state index in [0.29, 0.717) is 12.5 Å². The number of esters is 1. The Morgan fingerprint density at radius 3 is 2.71 bits per heavy atom. The summed E-state index contributed by atoms with van der Waals surface area (Å²) < 4.78 is 6.40. The predicted molar refractivity (Wildman–Crippen MR) is 81.4 cm³/mol. The van der Waals surface area contributed by atoms with Gasteiger partial charge in [-0.25, -0.2) is 0 Å². The molecule has 0 radical (unpaired) electrons. The molecule has 1 rings (SSSR count). The van der Waals surface area contributed by atoms with Crippen LogP contribution in [0.15, 0.2) is 10.2 Å². The Kier molecular flexibility index (Phi) is 7.14. The van der Waals surface area contributed by atoms with Crippen LogP contribution in [0.5, 0.6) is 0 Å². The monoisotopic (exact) mass is 314 g/mol. The minimum absolute atomic E-state index is 0.0801. The number of thiazole rings is 1. The van der Waals surface area contributed by atoms with Gasteiger partial charge in [-0.1, -0.05) is 25.2 Å². The van der Waals surface area contributed by atoms with Crippen LogP contribution in [0.2, 0.25) is 0 Å². The standard InChI is InChI=1S/C14H22N2O4S/c1-10(2)4-6-15-12(17)8-20-13(18)5-7-16-11(3)9-21-14(16)19/h9-10H,4-8H2,1-3H3,(H,15,17). The van der Waals surface area contributed by atoms with Crippen molar-refractivity contribution < 1.29 is 14.3 Å². The van der Waals surface area contributed by atoms with Crippen molar-refractivity contribution in [1.82, 2.24) is 9.88 Å². The van der Waals surface area contributed by atoms with Gasteiger partial charge in [0.2, 0.25) is 0 Å². The fraction of sp³-hybridized carbons (Fsp3) is 0.643. The molecular weight excluding hydrogens is 292 g/mol. The lowest BCUT2D eigenvalue weighted by atomic mass is 10.1. The summed E-state index contributed by atoms with van der Waals surface area (Å²) in [5.41, 5.74) is 0.823. The molecule has 1 amide bonds. The highest BCUT2D eigenvalue weighted by Gasteiger charge is 2.09. The SMILES string of the molecule is Cc1csc(=O)n1CCC(=O)OCC(=O)NCCC(C)C. The molecule has 0 fully saturated rings. The van der Waals surface area contributed by atoms with E-state index in [-0.39, 0.29) is 30.4 Å². The van der Waals surface area contributed by atoms with Gasteiger partial charge < -0.3 is 14.6 Å². The van der Waals surface area contributed by atoms with Gasteiger partial charge in [0.15, 0.2) is 6.61 Å². The van der Waals surface area contributed by atoms with Crippen LogP contribution in [0.3, 0.4) is 0 Å². The first-order valence-electron chi connectivity index (χ1n) is 6.97. The lowest BCUT2D eigenvalue weighted by Gasteiger charge is -2.08. The number of amides is 1. The van der Waals surface area contributed by atoms with Crippen LogP contribution >= 0.6 is 11.3 Å². The van der Waals surface area contributed by atoms with Gasteiger partial charge in [0, 0.05) is 24.2 Å². The number of aryl methyl sites for hydroxylation is 1. The Labute approximate surface area is 128 Å². The number of aromatic nitrogens is 1. The van der Waals surface area contributed by atoms with Gasteiger partial charge in [-0.05, 0) is 19.3 Å². The maximum Gasteiger partial charge on any atom is 0.308 e. The molecule has 0 aromatic carbocycles. The molecule has 0 aliphatic heterocycles. The summed E-state index contributed by atoms with van der Waals surface area (Å²) in [4.78, 5) is 34.3. The second-order valence-electron chi connectivity index (χ2n) is 5.24. The minimum Gasteiger partial charge on any atom is -0.456 e. The molecule has 1 aromatic heterocycles. The van der Waals surface area contributed by atoms with Gasteiger partial charge in [-0.3, -0.25) is 14.4 Å². The lowest BCUT2D eigenvalue weighted by Crippen LogP contribution is -2.30. The maximum atomic E-state index is 11.5. The van der Waals surface area contributed by atoms with Crippen LogP contribution < -0.4 is 10.2 Å². The Bertz CT molecular complexity index is 533. The minimum atomic E-state index is -0.480. The Hall–Kier alpha value is -1.63. The van der Waals surface area contributed by atoms with Crippen molar-refractivity contribution in [1.29, 1.82) is 0 Å². The topological polar surface area (TPSA) is 77.4 Å². The quantitative estimate of drug-likeness (QED) is 0.734. The van der Waals surface area contributed by atoms with Crippen LogP contribution in [0.4, 0.5) is 0 Å². The number of nitrogens with zero attached hydrogens (tertiary/aromatic N) is 1. The zero-order valence-corrected chi connectivity index (χ0v) is 13.5. The molecule has 0 bridgehead atoms. The summed E-state index contributed by atoms with van der Waals surface area (Å²) in [7, 11) is 0. The second-order valence-corrected chi connectivity index (χ2v) is 6.06. The summed E-state index contributed by atoms with van der Waals surface area (Å²) in [6, 6.07) is 0. The van der Waals surface area contributed by atoms with E-state index in [4.69, 9.17) is 4.74 Å². The van der Waals surface area contributed by atoms with Crippen molar-refractivity contribution in [3.05, 3.63) is 20.7 Å². The average Bonchev–Trinajstić information content (AvgIpc) is 2.73. The first kappa shape index (κ1) is 17.4. The van der Waals surface area contributed by atoms with E-state index < -0.39 is 5.97 Å². The Balaban J connectivity index is 2.22. The normalized spacial score (nSPS) is 10.7. The van der Waals surface area contributed by atoms with Gasteiger partial charge >= 0.3 is 10.8 Å². The van der Waals surface area contributed by atoms with Crippen LogP contribution in [0, 0.1) is 12.8 Å². The Morgan fingerprint density at radius 1 is 1.43 bits per heavy atom. The van der Waals surface area contributed by atoms with Crippen molar-refractivity contribution in [2.24, 2.45) is 5.92 Å². The molecule has 1 aromatic rings. The maximum absolute atomic E-state index is 11.5. The third-order valence-electron chi connectivity index (χ3n) is 2.92. The number of hydrogen-bond acceptors (Lipinski definition) is 5. The first-order chi connectivity index (χ1) is 9.90. The first-order valence-corrected chi connectivity index (χ1v) is 7.85. The van der Waals surface area contributed by atoms with E-state index in [9.17, 15) is 14.4 Å². The van der Waals surface area contributed by atoms with Gasteiger partial charge in [0.25, 0.3) is 5.91 Å². The van der Waals surface area contributed by atoms with Crippen LogP contribution in [-0.4, -0.2) is 29.6 Å². The fourth-order valence-electron chi connectivity index (χ4n) is 1.65. The van der Waals surface area contributed by atoms with E-state index in [0.717, 1.165) is 23.5 Å². The average molecular weight is 314 g/mol. The number of ether oxygens (including phenoxy) is 1. The highest BCUT2D eigenvalue weighted by Crippen LogP contribution is 2.01. The molecule has 1 N–H and O–H groups in total. The Morgan fingerprint density at radius 2 is 2.14 bits per heavy atom. The number of nitrogens with one attached hydrogen (secondary N) is 1. The van der Waals surface area contributed by atoms with Gasteiger partial charge in [0.1, 0.15) is 0 Å². The second kappa shape index (κ2) is 8.61. The molecule has 1 heterocycles. The zero-order valence-electron chi connectivity index (χ0n) is 12.7. The van der Waals surface area contributed by atoms with Gasteiger partial charge in [-0.2, -0.15) is 0 Å². The summed E-state index contributed by atoms with van der Waals surface area (Å²) in [6.45, 7) is 6.54.